The summed E-state index contributed by atoms with van der Waals surface area (Å²) in [6, 6.07) is 13.0. The number of benzene rings is 2. The Balaban J connectivity index is 2.42. The van der Waals surface area contributed by atoms with Gasteiger partial charge in [-0.15, -0.1) is 0 Å². The van der Waals surface area contributed by atoms with E-state index in [9.17, 15) is 38.8 Å². The van der Waals surface area contributed by atoms with E-state index in [0.717, 1.165) is 0 Å². The van der Waals surface area contributed by atoms with Gasteiger partial charge in [-0.2, -0.15) is 0 Å². The lowest BCUT2D eigenvalue weighted by Gasteiger charge is -2.30. The van der Waals surface area contributed by atoms with Crippen molar-refractivity contribution >= 4 is 37.4 Å². The second-order valence-corrected chi connectivity index (χ2v) is 13.9. The lowest BCUT2D eigenvalue weighted by Crippen LogP contribution is -2.56. The summed E-state index contributed by atoms with van der Waals surface area (Å²) in [7, 11) is -4.43. The Morgan fingerprint density at radius 3 is 1.70 bits per heavy atom. The number of alkyl carbamates (subject to hydrolysis) is 1. The van der Waals surface area contributed by atoms with E-state index in [4.69, 9.17) is 13.8 Å². The fraction of sp³-hybridized carbons (Fsp3) is 0.452. The van der Waals surface area contributed by atoms with Gasteiger partial charge in [0.15, 0.2) is 5.78 Å². The molecular weight excluding hydrogens is 621 g/mol. The van der Waals surface area contributed by atoms with Crippen LogP contribution < -0.4 is 25.0 Å². The van der Waals surface area contributed by atoms with Gasteiger partial charge >= 0.3 is 25.6 Å². The maximum atomic E-state index is 14.5. The van der Waals surface area contributed by atoms with Crippen LogP contribution in [-0.2, 0) is 28.5 Å². The van der Waals surface area contributed by atoms with Gasteiger partial charge in [-0.1, -0.05) is 50.2 Å². The number of hydrogen-bond donors (Lipinski definition) is 5. The van der Waals surface area contributed by atoms with Crippen molar-refractivity contribution in [1.29, 1.82) is 0 Å². The number of rotatable bonds is 17. The Kier molecular flexibility index (Phi) is 14.1. The summed E-state index contributed by atoms with van der Waals surface area (Å²) in [5.74, 6) is -5.90. The molecule has 0 heterocycles. The minimum absolute atomic E-state index is 0.0405. The van der Waals surface area contributed by atoms with Crippen LogP contribution in [0.5, 0.6) is 11.5 Å². The smallest absolute Gasteiger partial charge is 0.452 e. The number of carbonyl (C=O) groups is 5. The number of amides is 3. The molecule has 15 heteroatoms. The number of carboxylic acids is 2. The Hall–Kier alpha value is -4.58. The number of carboxylic acid groups (broad SMARTS) is 2. The molecule has 14 nitrogen and oxygen atoms in total. The van der Waals surface area contributed by atoms with Gasteiger partial charge in [0, 0.05) is 6.42 Å². The fourth-order valence-electron chi connectivity index (χ4n) is 4.05. The van der Waals surface area contributed by atoms with Crippen LogP contribution in [0, 0.1) is 5.92 Å². The normalized spacial score (nSPS) is 13.4. The number of ether oxygens (including phenoxy) is 1. The molecule has 1 unspecified atom stereocenters. The summed E-state index contributed by atoms with van der Waals surface area (Å²) in [5, 5.41) is 26.0. The molecule has 0 aliphatic heterocycles. The van der Waals surface area contributed by atoms with E-state index in [1.165, 1.54) is 24.3 Å². The summed E-state index contributed by atoms with van der Waals surface area (Å²) in [6.45, 7) is 8.30. The number of carbonyl (C=O) groups excluding carboxylic acids is 3. The van der Waals surface area contributed by atoms with Crippen LogP contribution in [0.15, 0.2) is 60.7 Å². The number of aliphatic carboxylic acids is 2. The number of nitrogens with one attached hydrogen (secondary N) is 3. The largest absolute Gasteiger partial charge is 0.481 e. The molecule has 3 amide bonds. The minimum Gasteiger partial charge on any atom is -0.481 e. The SMILES string of the molecule is CC(C)C[C@H](NC(=O)[C@H](CC(=O)O)NC(=O)OC(C)(C)C)C(=O)NC(CCC(=O)O)P(=O)(Oc1ccccc1)Oc1ccccc1. The first-order valence-electron chi connectivity index (χ1n) is 14.6. The van der Waals surface area contributed by atoms with Gasteiger partial charge in [-0.05, 0) is 63.8 Å². The lowest BCUT2D eigenvalue weighted by atomic mass is 10.0. The van der Waals surface area contributed by atoms with Crippen LogP contribution >= 0.6 is 7.60 Å². The van der Waals surface area contributed by atoms with Crippen LogP contribution in [0.1, 0.15) is 60.3 Å². The molecule has 3 atom stereocenters. The monoisotopic (exact) mass is 663 g/mol. The Labute approximate surface area is 267 Å². The van der Waals surface area contributed by atoms with Gasteiger partial charge in [0.05, 0.1) is 6.42 Å². The second-order valence-electron chi connectivity index (χ2n) is 11.8. The molecule has 46 heavy (non-hydrogen) atoms. The van der Waals surface area contributed by atoms with Crippen LogP contribution in [0.4, 0.5) is 4.79 Å². The van der Waals surface area contributed by atoms with Crippen molar-refractivity contribution in [3.05, 3.63) is 60.7 Å². The molecule has 0 radical (unpaired) electrons. The van der Waals surface area contributed by atoms with Crippen LogP contribution in [0.3, 0.4) is 0 Å². The molecule has 252 valence electrons. The van der Waals surface area contributed by atoms with Crippen molar-refractivity contribution in [2.75, 3.05) is 0 Å². The van der Waals surface area contributed by atoms with E-state index in [1.54, 1.807) is 71.0 Å². The first-order valence-corrected chi connectivity index (χ1v) is 16.2. The molecule has 2 aromatic rings. The molecular formula is C31H42N3O11P. The van der Waals surface area contributed by atoms with E-state index in [1.807, 2.05) is 0 Å². The van der Waals surface area contributed by atoms with E-state index in [-0.39, 0.29) is 30.3 Å². The molecule has 0 bridgehead atoms. The summed E-state index contributed by atoms with van der Waals surface area (Å²) in [4.78, 5) is 62.4. The molecule has 2 rings (SSSR count). The van der Waals surface area contributed by atoms with E-state index >= 15 is 0 Å². The topological polar surface area (TPSA) is 207 Å². The molecule has 0 aliphatic carbocycles. The molecule has 5 N–H and O–H groups in total. The maximum absolute atomic E-state index is 14.5. The van der Waals surface area contributed by atoms with Crippen molar-refractivity contribution in [2.24, 2.45) is 5.92 Å². The Morgan fingerprint density at radius 2 is 1.26 bits per heavy atom. The van der Waals surface area contributed by atoms with Crippen molar-refractivity contribution < 1.29 is 52.5 Å². The zero-order valence-corrected chi connectivity index (χ0v) is 27.3. The van der Waals surface area contributed by atoms with Crippen LogP contribution in [-0.4, -0.2) is 63.5 Å². The van der Waals surface area contributed by atoms with Crippen molar-refractivity contribution in [3.8, 4) is 11.5 Å². The fourth-order valence-corrected chi connectivity index (χ4v) is 5.90. The average molecular weight is 664 g/mol. The van der Waals surface area contributed by atoms with E-state index in [2.05, 4.69) is 16.0 Å². The molecule has 2 aromatic carbocycles. The van der Waals surface area contributed by atoms with Gasteiger partial charge in [0.2, 0.25) is 11.8 Å². The van der Waals surface area contributed by atoms with E-state index in [0.29, 0.717) is 0 Å². The molecule has 0 fully saturated rings. The zero-order valence-electron chi connectivity index (χ0n) is 26.4. The molecule has 0 spiro atoms. The van der Waals surface area contributed by atoms with Crippen LogP contribution in [0.25, 0.3) is 0 Å². The van der Waals surface area contributed by atoms with Crippen molar-refractivity contribution in [3.63, 3.8) is 0 Å². The summed E-state index contributed by atoms with van der Waals surface area (Å²) < 4.78 is 31.2. The van der Waals surface area contributed by atoms with Crippen LogP contribution in [0.2, 0.25) is 0 Å². The third-order valence-electron chi connectivity index (χ3n) is 6.00. The quantitative estimate of drug-likeness (QED) is 0.148. The molecule has 0 aromatic heterocycles. The summed E-state index contributed by atoms with van der Waals surface area (Å²) in [5.41, 5.74) is -0.934. The molecule has 0 saturated heterocycles. The average Bonchev–Trinajstić information content (AvgIpc) is 2.93. The molecule has 0 aliphatic rings. The van der Waals surface area contributed by atoms with Gasteiger partial charge in [0.25, 0.3) is 0 Å². The van der Waals surface area contributed by atoms with Gasteiger partial charge < -0.3 is 39.9 Å². The Bertz CT molecular complexity index is 1340. The highest BCUT2D eigenvalue weighted by molar-refractivity contribution is 7.55. The van der Waals surface area contributed by atoms with Crippen molar-refractivity contribution in [1.82, 2.24) is 16.0 Å². The third-order valence-corrected chi connectivity index (χ3v) is 8.08. The maximum Gasteiger partial charge on any atom is 0.452 e. The Morgan fingerprint density at radius 1 is 0.761 bits per heavy atom. The predicted octanol–water partition coefficient (Wildman–Crippen LogP) is 4.54. The van der Waals surface area contributed by atoms with Gasteiger partial charge in [-0.25, -0.2) is 9.36 Å². The number of hydrogen-bond acceptors (Lipinski definition) is 9. The summed E-state index contributed by atoms with van der Waals surface area (Å²) >= 11 is 0. The van der Waals surface area contributed by atoms with E-state index < -0.39 is 73.8 Å². The van der Waals surface area contributed by atoms with Gasteiger partial charge in [-0.3, -0.25) is 19.2 Å². The summed E-state index contributed by atoms with van der Waals surface area (Å²) in [6.07, 6.45) is -2.70. The minimum atomic E-state index is -4.43. The predicted molar refractivity (Wildman–Crippen MR) is 167 cm³/mol. The first kappa shape index (κ1) is 37.6. The third kappa shape index (κ3) is 13.6. The van der Waals surface area contributed by atoms with Gasteiger partial charge in [0.1, 0.15) is 29.2 Å². The number of para-hydroxylation sites is 2. The first-order chi connectivity index (χ1) is 21.5. The second kappa shape index (κ2) is 17.2. The molecule has 0 saturated carbocycles. The lowest BCUT2D eigenvalue weighted by molar-refractivity contribution is -0.140. The van der Waals surface area contributed by atoms with Crippen molar-refractivity contribution in [2.45, 2.75) is 83.8 Å². The highest BCUT2D eigenvalue weighted by Gasteiger charge is 2.42. The standard InChI is InChI=1S/C31H42N3O11P/c1-20(2)18-23(32-28(39)24(19-27(37)38)33-30(41)43-31(3,4)5)29(40)34-25(16-17-26(35)36)46(42,44-21-12-8-6-9-13-21)45-22-14-10-7-11-15-22/h6-15,20,23-25H,16-19H2,1-5H3,(H,32,39)(H,33,41)(H,34,40)(H,35,36)(H,37,38)/t23-,24-,25?/m0/s1. The highest BCUT2D eigenvalue weighted by atomic mass is 31.2. The highest BCUT2D eigenvalue weighted by Crippen LogP contribution is 2.53. The zero-order chi connectivity index (χ0) is 34.5.